The third-order valence-corrected chi connectivity index (χ3v) is 6.93. The predicted octanol–water partition coefficient (Wildman–Crippen LogP) is 3.33. The molecule has 0 spiro atoms. The topological polar surface area (TPSA) is 75.6 Å². The Bertz CT molecular complexity index is 1180. The molecule has 2 fully saturated rings. The molecular weight excluding hydrogens is 416 g/mol. The molecule has 1 aromatic heterocycles. The van der Waals surface area contributed by atoms with Crippen molar-refractivity contribution in [2.24, 2.45) is 5.92 Å². The van der Waals surface area contributed by atoms with Crippen molar-refractivity contribution in [1.82, 2.24) is 19.8 Å². The van der Waals surface area contributed by atoms with Gasteiger partial charge in [-0.15, -0.1) is 0 Å². The number of rotatable bonds is 4. The fourth-order valence-electron chi connectivity index (χ4n) is 5.27. The highest BCUT2D eigenvalue weighted by atomic mass is 16.5. The Labute approximate surface area is 193 Å². The van der Waals surface area contributed by atoms with Crippen molar-refractivity contribution in [3.05, 3.63) is 66.0 Å². The molecule has 0 unspecified atom stereocenters. The van der Waals surface area contributed by atoms with Gasteiger partial charge in [0, 0.05) is 49.2 Å². The highest BCUT2D eigenvalue weighted by Gasteiger charge is 2.39. The largest absolute Gasteiger partial charge is 0.496 e. The predicted molar refractivity (Wildman–Crippen MR) is 125 cm³/mol. The first kappa shape index (κ1) is 21.4. The molecule has 0 saturated carbocycles. The Morgan fingerprint density at radius 1 is 1.03 bits per heavy atom. The van der Waals surface area contributed by atoms with Crippen molar-refractivity contribution in [3.63, 3.8) is 0 Å². The van der Waals surface area contributed by atoms with Crippen LogP contribution in [-0.2, 0) is 11.2 Å². The van der Waals surface area contributed by atoms with Gasteiger partial charge in [0.15, 0.2) is 0 Å². The molecule has 0 bridgehead atoms. The Morgan fingerprint density at radius 2 is 1.85 bits per heavy atom. The number of likely N-dealkylation sites (tertiary alicyclic amines) is 2. The van der Waals surface area contributed by atoms with Gasteiger partial charge in [0.25, 0.3) is 5.91 Å². The number of methoxy groups -OCH3 is 1. The second-order valence-corrected chi connectivity index (χ2v) is 8.85. The summed E-state index contributed by atoms with van der Waals surface area (Å²) in [6.07, 6.45) is 6.43. The van der Waals surface area contributed by atoms with Crippen LogP contribution in [0, 0.1) is 5.92 Å². The molecule has 5 rings (SSSR count). The summed E-state index contributed by atoms with van der Waals surface area (Å²) in [4.78, 5) is 39.1. The average Bonchev–Trinajstić information content (AvgIpc) is 2.87. The van der Waals surface area contributed by atoms with Gasteiger partial charge in [-0.3, -0.25) is 19.6 Å². The van der Waals surface area contributed by atoms with Gasteiger partial charge in [-0.1, -0.05) is 18.2 Å². The smallest absolute Gasteiger partial charge is 0.254 e. The van der Waals surface area contributed by atoms with E-state index in [1.807, 2.05) is 52.3 Å². The second kappa shape index (κ2) is 9.17. The number of carbonyl (C=O) groups is 2. The lowest BCUT2D eigenvalue weighted by atomic mass is 9.83. The van der Waals surface area contributed by atoms with E-state index >= 15 is 0 Å². The molecule has 2 amide bonds. The van der Waals surface area contributed by atoms with E-state index in [4.69, 9.17) is 4.74 Å². The van der Waals surface area contributed by atoms with Gasteiger partial charge < -0.3 is 14.5 Å². The first-order chi connectivity index (χ1) is 16.1. The van der Waals surface area contributed by atoms with Gasteiger partial charge in [-0.05, 0) is 49.4 Å². The summed E-state index contributed by atoms with van der Waals surface area (Å²) in [7, 11) is 1.63. The number of fused-ring (bicyclic) bond motifs is 2. The molecule has 0 N–H and O–H groups in total. The van der Waals surface area contributed by atoms with Crippen molar-refractivity contribution in [1.29, 1.82) is 0 Å². The first-order valence-electron chi connectivity index (χ1n) is 11.6. The summed E-state index contributed by atoms with van der Waals surface area (Å²) in [5.41, 5.74) is 3.08. The average molecular weight is 445 g/mol. The lowest BCUT2D eigenvalue weighted by Crippen LogP contribution is -2.56. The molecule has 3 aromatic rings. The van der Waals surface area contributed by atoms with E-state index in [1.54, 1.807) is 19.5 Å². The number of ether oxygens (including phenoxy) is 1. The number of benzene rings is 2. The minimum absolute atomic E-state index is 0.0473. The van der Waals surface area contributed by atoms with E-state index in [0.29, 0.717) is 31.0 Å². The van der Waals surface area contributed by atoms with Crippen LogP contribution in [-0.4, -0.2) is 64.4 Å². The molecule has 2 atom stereocenters. The van der Waals surface area contributed by atoms with Crippen molar-refractivity contribution in [3.8, 4) is 5.75 Å². The zero-order valence-corrected chi connectivity index (χ0v) is 18.8. The number of aromatic nitrogens is 2. The maximum Gasteiger partial charge on any atom is 0.254 e. The lowest BCUT2D eigenvalue weighted by molar-refractivity contribution is -0.133. The minimum Gasteiger partial charge on any atom is -0.496 e. The van der Waals surface area contributed by atoms with Gasteiger partial charge in [0.1, 0.15) is 5.75 Å². The number of carbonyl (C=O) groups excluding carboxylic acids is 2. The summed E-state index contributed by atoms with van der Waals surface area (Å²) >= 11 is 0. The molecule has 170 valence electrons. The molecule has 2 aromatic carbocycles. The Kier molecular flexibility index (Phi) is 5.94. The molecule has 7 nitrogen and oxygen atoms in total. The fraction of sp³-hybridized carbons (Fsp3) is 0.385. The standard InChI is InChI=1S/C26H28N4O3/c1-33-24-7-3-2-5-18(24)16-25(31)29-14-10-23-20(17-29)6-4-13-30(23)26(32)19-8-9-21-22(15-19)28-12-11-27-21/h2-3,5,7-9,11-12,15,20,23H,4,6,10,13-14,16-17H2,1H3/t20-,23-/m0/s1. The van der Waals surface area contributed by atoms with E-state index in [-0.39, 0.29) is 17.9 Å². The molecular formula is C26H28N4O3. The number of nitrogens with zero attached hydrogens (tertiary/aromatic N) is 4. The number of hydrogen-bond donors (Lipinski definition) is 0. The van der Waals surface area contributed by atoms with E-state index in [1.165, 1.54) is 0 Å². The van der Waals surface area contributed by atoms with Crippen LogP contribution in [0.1, 0.15) is 35.2 Å². The minimum atomic E-state index is 0.0473. The summed E-state index contributed by atoms with van der Waals surface area (Å²) in [6, 6.07) is 13.4. The lowest BCUT2D eigenvalue weighted by Gasteiger charge is -2.47. The summed E-state index contributed by atoms with van der Waals surface area (Å²) < 4.78 is 5.41. The van der Waals surface area contributed by atoms with E-state index in [9.17, 15) is 9.59 Å². The van der Waals surface area contributed by atoms with Gasteiger partial charge in [-0.25, -0.2) is 0 Å². The number of para-hydroxylation sites is 1. The molecule has 7 heteroatoms. The van der Waals surface area contributed by atoms with Crippen molar-refractivity contribution in [2.75, 3.05) is 26.7 Å². The molecule has 2 aliphatic heterocycles. The first-order valence-corrected chi connectivity index (χ1v) is 11.6. The quantitative estimate of drug-likeness (QED) is 0.617. The maximum absolute atomic E-state index is 13.4. The Morgan fingerprint density at radius 3 is 2.70 bits per heavy atom. The van der Waals surface area contributed by atoms with Gasteiger partial charge in [0.05, 0.1) is 24.6 Å². The third kappa shape index (κ3) is 4.27. The van der Waals surface area contributed by atoms with Gasteiger partial charge >= 0.3 is 0 Å². The zero-order valence-electron chi connectivity index (χ0n) is 18.8. The van der Waals surface area contributed by atoms with Crippen LogP contribution in [0.3, 0.4) is 0 Å². The summed E-state index contributed by atoms with van der Waals surface area (Å²) in [5, 5.41) is 0. The Hall–Kier alpha value is -3.48. The van der Waals surface area contributed by atoms with E-state index < -0.39 is 0 Å². The molecule has 0 radical (unpaired) electrons. The van der Waals surface area contributed by atoms with Crippen molar-refractivity contribution in [2.45, 2.75) is 31.7 Å². The van der Waals surface area contributed by atoms with Crippen molar-refractivity contribution >= 4 is 22.8 Å². The van der Waals surface area contributed by atoms with Crippen LogP contribution in [0.2, 0.25) is 0 Å². The molecule has 2 saturated heterocycles. The molecule has 2 aliphatic rings. The second-order valence-electron chi connectivity index (χ2n) is 8.85. The van der Waals surface area contributed by atoms with E-state index in [0.717, 1.165) is 48.2 Å². The Balaban J connectivity index is 1.28. The van der Waals surface area contributed by atoms with Crippen LogP contribution in [0.25, 0.3) is 11.0 Å². The van der Waals surface area contributed by atoms with Crippen LogP contribution < -0.4 is 4.74 Å². The van der Waals surface area contributed by atoms with Crippen LogP contribution >= 0.6 is 0 Å². The van der Waals surface area contributed by atoms with Crippen molar-refractivity contribution < 1.29 is 14.3 Å². The zero-order chi connectivity index (χ0) is 22.8. The highest BCUT2D eigenvalue weighted by molar-refractivity contribution is 5.97. The van der Waals surface area contributed by atoms with Crippen LogP contribution in [0.15, 0.2) is 54.9 Å². The molecule has 33 heavy (non-hydrogen) atoms. The van der Waals surface area contributed by atoms with Gasteiger partial charge in [-0.2, -0.15) is 0 Å². The van der Waals surface area contributed by atoms with Gasteiger partial charge in [0.2, 0.25) is 5.91 Å². The SMILES string of the molecule is COc1ccccc1CC(=O)N1CC[C@H]2[C@@H](CCCN2C(=O)c2ccc3nccnc3c2)C1. The number of amides is 2. The normalized spacial score (nSPS) is 20.4. The molecule has 0 aliphatic carbocycles. The number of piperidine rings is 2. The summed E-state index contributed by atoms with van der Waals surface area (Å²) in [6.45, 7) is 2.13. The number of hydrogen-bond acceptors (Lipinski definition) is 5. The highest BCUT2D eigenvalue weighted by Crippen LogP contribution is 2.32. The third-order valence-electron chi connectivity index (χ3n) is 6.93. The van der Waals surface area contributed by atoms with Crippen LogP contribution in [0.4, 0.5) is 0 Å². The maximum atomic E-state index is 13.4. The monoisotopic (exact) mass is 444 g/mol. The molecule has 3 heterocycles. The summed E-state index contributed by atoms with van der Waals surface area (Å²) in [5.74, 6) is 1.22. The van der Waals surface area contributed by atoms with Crippen LogP contribution in [0.5, 0.6) is 5.75 Å². The van der Waals surface area contributed by atoms with E-state index in [2.05, 4.69) is 9.97 Å². The fourth-order valence-corrected chi connectivity index (χ4v) is 5.27.